The first kappa shape index (κ1) is 9.88. The molecule has 0 fully saturated rings. The molecule has 2 aromatic rings. The van der Waals surface area contributed by atoms with Crippen molar-refractivity contribution in [3.8, 4) is 0 Å². The molecule has 1 heterocycles. The van der Waals surface area contributed by atoms with E-state index in [2.05, 4.69) is 35.6 Å². The Bertz CT molecular complexity index is 522. The van der Waals surface area contributed by atoms with Crippen LogP contribution in [0, 0.1) is 0 Å². The van der Waals surface area contributed by atoms with Gasteiger partial charge in [-0.2, -0.15) is 0 Å². The number of rotatable bonds is 1. The molecule has 0 radical (unpaired) electrons. The summed E-state index contributed by atoms with van der Waals surface area (Å²) in [6, 6.07) is 16.9. The molecule has 1 atom stereocenters. The summed E-state index contributed by atoms with van der Waals surface area (Å²) in [7, 11) is 0. The molecule has 0 spiro atoms. The molecule has 1 aliphatic heterocycles. The molecule has 2 aromatic carbocycles. The van der Waals surface area contributed by atoms with Crippen LogP contribution in [0.3, 0.4) is 0 Å². The van der Waals surface area contributed by atoms with E-state index in [-0.39, 0.29) is 6.04 Å². The molecule has 80 valence electrons. The minimum absolute atomic E-state index is 0.287. The Morgan fingerprint density at radius 1 is 1.06 bits per heavy atom. The molecule has 1 N–H and O–H groups in total. The lowest BCUT2D eigenvalue weighted by molar-refractivity contribution is 0.667. The van der Waals surface area contributed by atoms with Gasteiger partial charge in [0.25, 0.3) is 0 Å². The van der Waals surface area contributed by atoms with Crippen LogP contribution in [0.1, 0.15) is 22.7 Å². The molecule has 0 aromatic heterocycles. The summed E-state index contributed by atoms with van der Waals surface area (Å²) in [4.78, 5) is 0. The molecule has 3 rings (SSSR count). The molecule has 0 saturated carbocycles. The molecule has 1 unspecified atom stereocenters. The topological polar surface area (TPSA) is 12.0 Å². The van der Waals surface area contributed by atoms with Crippen LogP contribution in [0.25, 0.3) is 0 Å². The van der Waals surface area contributed by atoms with Crippen molar-refractivity contribution in [2.24, 2.45) is 0 Å². The van der Waals surface area contributed by atoms with Gasteiger partial charge in [-0.25, -0.2) is 0 Å². The van der Waals surface area contributed by atoms with Gasteiger partial charge in [-0.3, -0.25) is 0 Å². The predicted octanol–water partition coefficient (Wildman–Crippen LogP) is 3.53. The SMILES string of the molecule is Clc1cccc(C2NCc3ccccc32)c1. The first-order valence-electron chi connectivity index (χ1n) is 5.41. The highest BCUT2D eigenvalue weighted by Crippen LogP contribution is 2.31. The van der Waals surface area contributed by atoms with Crippen molar-refractivity contribution in [2.75, 3.05) is 0 Å². The van der Waals surface area contributed by atoms with Gasteiger partial charge in [0.15, 0.2) is 0 Å². The average Bonchev–Trinajstić information content (AvgIpc) is 2.72. The van der Waals surface area contributed by atoms with Gasteiger partial charge in [0.05, 0.1) is 6.04 Å². The van der Waals surface area contributed by atoms with Crippen LogP contribution in [-0.2, 0) is 6.54 Å². The highest BCUT2D eigenvalue weighted by Gasteiger charge is 2.22. The third kappa shape index (κ3) is 1.62. The van der Waals surface area contributed by atoms with Gasteiger partial charge in [-0.15, -0.1) is 0 Å². The van der Waals surface area contributed by atoms with Gasteiger partial charge >= 0.3 is 0 Å². The maximum absolute atomic E-state index is 6.02. The Kier molecular flexibility index (Phi) is 2.43. The number of nitrogens with one attached hydrogen (secondary N) is 1. The van der Waals surface area contributed by atoms with Crippen LogP contribution in [-0.4, -0.2) is 0 Å². The van der Waals surface area contributed by atoms with Gasteiger partial charge < -0.3 is 5.32 Å². The minimum atomic E-state index is 0.287. The fourth-order valence-corrected chi connectivity index (χ4v) is 2.48. The van der Waals surface area contributed by atoms with Crippen LogP contribution in [0.5, 0.6) is 0 Å². The average molecular weight is 230 g/mol. The van der Waals surface area contributed by atoms with Crippen molar-refractivity contribution >= 4 is 11.6 Å². The van der Waals surface area contributed by atoms with Gasteiger partial charge in [0.1, 0.15) is 0 Å². The lowest BCUT2D eigenvalue weighted by Gasteiger charge is -2.12. The first-order chi connectivity index (χ1) is 7.84. The summed E-state index contributed by atoms with van der Waals surface area (Å²) in [5.41, 5.74) is 3.98. The molecule has 0 amide bonds. The predicted molar refractivity (Wildman–Crippen MR) is 66.6 cm³/mol. The fraction of sp³-hybridized carbons (Fsp3) is 0.143. The number of fused-ring (bicyclic) bond motifs is 1. The minimum Gasteiger partial charge on any atom is -0.302 e. The maximum Gasteiger partial charge on any atom is 0.0583 e. The lowest BCUT2D eigenvalue weighted by atomic mass is 9.99. The summed E-state index contributed by atoms with van der Waals surface area (Å²) in [5, 5.41) is 4.30. The smallest absolute Gasteiger partial charge is 0.0583 e. The summed E-state index contributed by atoms with van der Waals surface area (Å²) in [6.45, 7) is 0.938. The summed E-state index contributed by atoms with van der Waals surface area (Å²) in [5.74, 6) is 0. The van der Waals surface area contributed by atoms with E-state index in [0.29, 0.717) is 0 Å². The molecular weight excluding hydrogens is 218 g/mol. The molecule has 0 aliphatic carbocycles. The third-order valence-electron chi connectivity index (χ3n) is 3.04. The van der Waals surface area contributed by atoms with Crippen LogP contribution >= 0.6 is 11.6 Å². The van der Waals surface area contributed by atoms with E-state index in [9.17, 15) is 0 Å². The van der Waals surface area contributed by atoms with Crippen molar-refractivity contribution in [1.29, 1.82) is 0 Å². The van der Waals surface area contributed by atoms with E-state index in [4.69, 9.17) is 11.6 Å². The molecule has 0 bridgehead atoms. The highest BCUT2D eigenvalue weighted by molar-refractivity contribution is 6.30. The second-order valence-electron chi connectivity index (χ2n) is 4.07. The monoisotopic (exact) mass is 229 g/mol. The third-order valence-corrected chi connectivity index (χ3v) is 3.28. The molecular formula is C14H12ClN. The molecule has 1 nitrogen and oxygen atoms in total. The van der Waals surface area contributed by atoms with E-state index >= 15 is 0 Å². The second-order valence-corrected chi connectivity index (χ2v) is 4.50. The van der Waals surface area contributed by atoms with Gasteiger partial charge in [0.2, 0.25) is 0 Å². The van der Waals surface area contributed by atoms with Crippen LogP contribution in [0.15, 0.2) is 48.5 Å². The second kappa shape index (κ2) is 3.93. The zero-order valence-corrected chi connectivity index (χ0v) is 9.54. The van der Waals surface area contributed by atoms with Crippen LogP contribution in [0.2, 0.25) is 5.02 Å². The Balaban J connectivity index is 2.05. The fourth-order valence-electron chi connectivity index (χ4n) is 2.28. The number of hydrogen-bond donors (Lipinski definition) is 1. The van der Waals surface area contributed by atoms with Gasteiger partial charge in [-0.05, 0) is 28.8 Å². The van der Waals surface area contributed by atoms with Crippen molar-refractivity contribution in [3.05, 3.63) is 70.2 Å². The maximum atomic E-state index is 6.02. The number of hydrogen-bond acceptors (Lipinski definition) is 1. The van der Waals surface area contributed by atoms with E-state index in [1.165, 1.54) is 16.7 Å². The normalized spacial score (nSPS) is 18.4. The van der Waals surface area contributed by atoms with Crippen molar-refractivity contribution in [2.45, 2.75) is 12.6 Å². The molecule has 0 saturated heterocycles. The number of halogens is 1. The van der Waals surface area contributed by atoms with Crippen LogP contribution < -0.4 is 5.32 Å². The standard InChI is InChI=1S/C14H12ClN/c15-12-6-3-5-10(8-12)14-13-7-2-1-4-11(13)9-16-14/h1-8,14,16H,9H2. The van der Waals surface area contributed by atoms with E-state index in [1.54, 1.807) is 0 Å². The Hall–Kier alpha value is -1.31. The van der Waals surface area contributed by atoms with Gasteiger partial charge in [0, 0.05) is 11.6 Å². The lowest BCUT2D eigenvalue weighted by Crippen LogP contribution is -2.13. The van der Waals surface area contributed by atoms with Crippen LogP contribution in [0.4, 0.5) is 0 Å². The van der Waals surface area contributed by atoms with E-state index in [0.717, 1.165) is 11.6 Å². The zero-order valence-electron chi connectivity index (χ0n) is 8.78. The van der Waals surface area contributed by atoms with Crippen molar-refractivity contribution in [3.63, 3.8) is 0 Å². The molecule has 16 heavy (non-hydrogen) atoms. The first-order valence-corrected chi connectivity index (χ1v) is 5.79. The Morgan fingerprint density at radius 3 is 2.81 bits per heavy atom. The molecule has 1 aliphatic rings. The van der Waals surface area contributed by atoms with Gasteiger partial charge in [-0.1, -0.05) is 48.0 Å². The quantitative estimate of drug-likeness (QED) is 0.789. The largest absolute Gasteiger partial charge is 0.302 e. The zero-order chi connectivity index (χ0) is 11.0. The summed E-state index contributed by atoms with van der Waals surface area (Å²) in [6.07, 6.45) is 0. The Morgan fingerprint density at radius 2 is 1.94 bits per heavy atom. The van der Waals surface area contributed by atoms with Crippen molar-refractivity contribution < 1.29 is 0 Å². The Labute approximate surface area is 100 Å². The summed E-state index contributed by atoms with van der Waals surface area (Å²) < 4.78 is 0. The summed E-state index contributed by atoms with van der Waals surface area (Å²) >= 11 is 6.02. The van der Waals surface area contributed by atoms with Crippen molar-refractivity contribution in [1.82, 2.24) is 5.32 Å². The highest BCUT2D eigenvalue weighted by atomic mass is 35.5. The van der Waals surface area contributed by atoms with E-state index < -0.39 is 0 Å². The number of benzene rings is 2. The van der Waals surface area contributed by atoms with E-state index in [1.807, 2.05) is 18.2 Å². The molecule has 2 heteroatoms.